The second-order valence-electron chi connectivity index (χ2n) is 6.67. The number of nitrogens with zero attached hydrogens (tertiary/aromatic N) is 2. The Bertz CT molecular complexity index is 1370. The predicted octanol–water partition coefficient (Wildman–Crippen LogP) is 3.38. The number of anilines is 1. The van der Waals surface area contributed by atoms with Gasteiger partial charge in [0.25, 0.3) is 15.6 Å². The number of ether oxygens (including phenoxy) is 1. The van der Waals surface area contributed by atoms with E-state index in [0.717, 1.165) is 5.56 Å². The van der Waals surface area contributed by atoms with Crippen LogP contribution in [0.2, 0.25) is 0 Å². The molecule has 2 heterocycles. The zero-order valence-corrected chi connectivity index (χ0v) is 17.0. The van der Waals surface area contributed by atoms with Crippen molar-refractivity contribution < 1.29 is 13.2 Å². The lowest BCUT2D eigenvalue weighted by atomic mass is 10.3. The lowest BCUT2D eigenvalue weighted by Crippen LogP contribution is -2.17. The molecule has 0 unspecified atom stereocenters. The largest absolute Gasteiger partial charge is 0.485 e. The first-order valence-corrected chi connectivity index (χ1v) is 10.7. The van der Waals surface area contributed by atoms with Crippen molar-refractivity contribution in [1.82, 2.24) is 9.38 Å². The molecule has 7 nitrogen and oxygen atoms in total. The standard InChI is InChI=1S/C22H19N3O4S/c1-16-8-7-13-25-21(26)14-17(23-22(16)25)15-29-20-12-6-5-11-19(20)24-30(27,28)18-9-3-2-4-10-18/h2-14,24H,15H2,1H3. The van der Waals surface area contributed by atoms with Crippen molar-refractivity contribution in [2.24, 2.45) is 0 Å². The van der Waals surface area contributed by atoms with Crippen molar-refractivity contribution in [3.8, 4) is 5.75 Å². The summed E-state index contributed by atoms with van der Waals surface area (Å²) in [4.78, 5) is 17.0. The van der Waals surface area contributed by atoms with Gasteiger partial charge in [0.15, 0.2) is 0 Å². The van der Waals surface area contributed by atoms with Gasteiger partial charge in [-0.25, -0.2) is 13.4 Å². The normalized spacial score (nSPS) is 11.4. The number of fused-ring (bicyclic) bond motifs is 1. The van der Waals surface area contributed by atoms with Crippen LogP contribution >= 0.6 is 0 Å². The third kappa shape index (κ3) is 4.04. The van der Waals surface area contributed by atoms with E-state index in [-0.39, 0.29) is 17.1 Å². The van der Waals surface area contributed by atoms with Crippen LogP contribution in [0.15, 0.2) is 88.7 Å². The quantitative estimate of drug-likeness (QED) is 0.515. The van der Waals surface area contributed by atoms with Crippen LogP contribution in [0.3, 0.4) is 0 Å². The molecule has 0 aliphatic rings. The molecule has 4 rings (SSSR count). The van der Waals surface area contributed by atoms with E-state index in [0.29, 0.717) is 22.8 Å². The third-order valence-electron chi connectivity index (χ3n) is 4.50. The average molecular weight is 421 g/mol. The van der Waals surface area contributed by atoms with Gasteiger partial charge < -0.3 is 4.74 Å². The molecule has 0 spiro atoms. The number of hydrogen-bond acceptors (Lipinski definition) is 5. The summed E-state index contributed by atoms with van der Waals surface area (Å²) in [7, 11) is -3.76. The number of sulfonamides is 1. The monoisotopic (exact) mass is 421 g/mol. The molecule has 4 aromatic rings. The number of aromatic nitrogens is 2. The Morgan fingerprint density at radius 2 is 1.73 bits per heavy atom. The number of benzene rings is 2. The number of aryl methyl sites for hydroxylation is 1. The fourth-order valence-corrected chi connectivity index (χ4v) is 4.11. The summed E-state index contributed by atoms with van der Waals surface area (Å²) in [6.07, 6.45) is 1.66. The number of hydrogen-bond donors (Lipinski definition) is 1. The number of rotatable bonds is 6. The zero-order chi connectivity index (χ0) is 21.1. The van der Waals surface area contributed by atoms with E-state index >= 15 is 0 Å². The predicted molar refractivity (Wildman–Crippen MR) is 114 cm³/mol. The third-order valence-corrected chi connectivity index (χ3v) is 5.88. The molecule has 0 atom stereocenters. The molecule has 0 aliphatic heterocycles. The molecule has 0 saturated heterocycles. The van der Waals surface area contributed by atoms with Crippen LogP contribution in [0.25, 0.3) is 5.65 Å². The van der Waals surface area contributed by atoms with Crippen LogP contribution in [0.5, 0.6) is 5.75 Å². The van der Waals surface area contributed by atoms with E-state index in [9.17, 15) is 13.2 Å². The van der Waals surface area contributed by atoms with Gasteiger partial charge in [0.2, 0.25) is 0 Å². The van der Waals surface area contributed by atoms with Crippen molar-refractivity contribution in [3.05, 3.63) is 101 Å². The smallest absolute Gasteiger partial charge is 0.262 e. The maximum Gasteiger partial charge on any atom is 0.262 e. The summed E-state index contributed by atoms with van der Waals surface area (Å²) in [5, 5.41) is 0. The molecule has 0 amide bonds. The highest BCUT2D eigenvalue weighted by Gasteiger charge is 2.16. The van der Waals surface area contributed by atoms with Gasteiger partial charge in [0.05, 0.1) is 16.3 Å². The van der Waals surface area contributed by atoms with Gasteiger partial charge >= 0.3 is 0 Å². The summed E-state index contributed by atoms with van der Waals surface area (Å²) < 4.78 is 35.1. The maximum atomic E-state index is 12.6. The SMILES string of the molecule is Cc1cccn2c(=O)cc(COc3ccccc3NS(=O)(=O)c3ccccc3)nc12. The summed E-state index contributed by atoms with van der Waals surface area (Å²) in [5.74, 6) is 0.337. The molecule has 1 N–H and O–H groups in total. The minimum atomic E-state index is -3.76. The molecule has 2 aromatic heterocycles. The van der Waals surface area contributed by atoms with Crippen molar-refractivity contribution in [2.45, 2.75) is 18.4 Å². The Labute approximate surface area is 173 Å². The van der Waals surface area contributed by atoms with Gasteiger partial charge in [-0.05, 0) is 42.8 Å². The first-order valence-electron chi connectivity index (χ1n) is 9.22. The Balaban J connectivity index is 1.59. The Hall–Kier alpha value is -3.65. The zero-order valence-electron chi connectivity index (χ0n) is 16.1. The highest BCUT2D eigenvalue weighted by Crippen LogP contribution is 2.27. The molecule has 0 fully saturated rings. The molecule has 0 radical (unpaired) electrons. The minimum Gasteiger partial charge on any atom is -0.485 e. The van der Waals surface area contributed by atoms with Crippen LogP contribution < -0.4 is 15.0 Å². The van der Waals surface area contributed by atoms with Gasteiger partial charge in [-0.1, -0.05) is 36.4 Å². The van der Waals surface area contributed by atoms with Crippen LogP contribution in [-0.2, 0) is 16.6 Å². The Kier molecular flexibility index (Phi) is 5.24. The second kappa shape index (κ2) is 8.00. The molecule has 8 heteroatoms. The Morgan fingerprint density at radius 1 is 1.00 bits per heavy atom. The van der Waals surface area contributed by atoms with Gasteiger partial charge in [-0.15, -0.1) is 0 Å². The second-order valence-corrected chi connectivity index (χ2v) is 8.36. The molecular formula is C22H19N3O4S. The highest BCUT2D eigenvalue weighted by molar-refractivity contribution is 7.92. The van der Waals surface area contributed by atoms with E-state index in [2.05, 4.69) is 9.71 Å². The average Bonchev–Trinajstić information content (AvgIpc) is 2.74. The number of para-hydroxylation sites is 2. The van der Waals surface area contributed by atoms with Crippen molar-refractivity contribution in [1.29, 1.82) is 0 Å². The van der Waals surface area contributed by atoms with Gasteiger partial charge in [-0.3, -0.25) is 13.9 Å². The van der Waals surface area contributed by atoms with Crippen LogP contribution in [-0.4, -0.2) is 17.8 Å². The topological polar surface area (TPSA) is 89.8 Å². The molecule has 0 bridgehead atoms. The van der Waals surface area contributed by atoms with Crippen molar-refractivity contribution in [3.63, 3.8) is 0 Å². The molecule has 2 aromatic carbocycles. The van der Waals surface area contributed by atoms with E-state index in [1.165, 1.54) is 22.6 Å². The molecule has 0 saturated carbocycles. The summed E-state index contributed by atoms with van der Waals surface area (Å²) in [5.41, 5.74) is 1.97. The van der Waals surface area contributed by atoms with Crippen LogP contribution in [0, 0.1) is 6.92 Å². The summed E-state index contributed by atoms with van der Waals surface area (Å²) in [6, 6.07) is 19.9. The van der Waals surface area contributed by atoms with E-state index < -0.39 is 10.0 Å². The lowest BCUT2D eigenvalue weighted by Gasteiger charge is -2.14. The lowest BCUT2D eigenvalue weighted by molar-refractivity contribution is 0.303. The Morgan fingerprint density at radius 3 is 2.53 bits per heavy atom. The molecule has 152 valence electrons. The van der Waals surface area contributed by atoms with Gasteiger partial charge in [-0.2, -0.15) is 0 Å². The summed E-state index contributed by atoms with van der Waals surface area (Å²) >= 11 is 0. The van der Waals surface area contributed by atoms with Crippen molar-refractivity contribution in [2.75, 3.05) is 4.72 Å². The fraction of sp³-hybridized carbons (Fsp3) is 0.0909. The minimum absolute atomic E-state index is 0.0180. The number of pyridine rings is 1. The first kappa shape index (κ1) is 19.7. The fourth-order valence-electron chi connectivity index (χ4n) is 3.01. The molecule has 0 aliphatic carbocycles. The van der Waals surface area contributed by atoms with Gasteiger partial charge in [0, 0.05) is 12.3 Å². The van der Waals surface area contributed by atoms with E-state index in [1.54, 1.807) is 54.7 Å². The van der Waals surface area contributed by atoms with Crippen LogP contribution in [0.1, 0.15) is 11.3 Å². The molecular weight excluding hydrogens is 402 g/mol. The highest BCUT2D eigenvalue weighted by atomic mass is 32.2. The van der Waals surface area contributed by atoms with E-state index in [1.807, 2.05) is 13.0 Å². The number of nitrogens with one attached hydrogen (secondary N) is 1. The summed E-state index contributed by atoms with van der Waals surface area (Å²) in [6.45, 7) is 1.89. The van der Waals surface area contributed by atoms with Gasteiger partial charge in [0.1, 0.15) is 18.0 Å². The van der Waals surface area contributed by atoms with Crippen molar-refractivity contribution >= 4 is 21.4 Å². The van der Waals surface area contributed by atoms with E-state index in [4.69, 9.17) is 4.74 Å². The maximum absolute atomic E-state index is 12.6. The van der Waals surface area contributed by atoms with Crippen LogP contribution in [0.4, 0.5) is 5.69 Å². The molecule has 30 heavy (non-hydrogen) atoms. The first-order chi connectivity index (χ1) is 14.4.